The molecule has 0 radical (unpaired) electrons. The molecule has 0 aliphatic rings. The van der Waals surface area contributed by atoms with Gasteiger partial charge in [-0.05, 0) is 51.4 Å². The fourth-order valence-corrected chi connectivity index (χ4v) is 10.0. The van der Waals surface area contributed by atoms with Crippen LogP contribution in [0.25, 0.3) is 0 Å². The van der Waals surface area contributed by atoms with E-state index in [0.717, 1.165) is 77.0 Å². The van der Waals surface area contributed by atoms with E-state index in [-0.39, 0.29) is 31.1 Å². The minimum absolute atomic E-state index is 0.0709. The maximum absolute atomic E-state index is 12.9. The van der Waals surface area contributed by atoms with Crippen LogP contribution >= 0.6 is 0 Å². The van der Waals surface area contributed by atoms with E-state index in [1.807, 2.05) is 0 Å². The predicted octanol–water partition coefficient (Wildman–Crippen LogP) is 22.2. The Morgan fingerprint density at radius 1 is 0.274 bits per heavy atom. The van der Waals surface area contributed by atoms with Gasteiger partial charge in [-0.1, -0.05) is 321 Å². The highest BCUT2D eigenvalue weighted by molar-refractivity contribution is 5.71. The topological polar surface area (TPSA) is 78.9 Å². The van der Waals surface area contributed by atoms with Gasteiger partial charge < -0.3 is 14.2 Å². The first kappa shape index (κ1) is 70.9. The molecule has 73 heavy (non-hydrogen) atoms. The van der Waals surface area contributed by atoms with E-state index in [1.165, 1.54) is 250 Å². The first-order valence-electron chi connectivity index (χ1n) is 32.8. The number of hydrogen-bond acceptors (Lipinski definition) is 6. The maximum Gasteiger partial charge on any atom is 0.306 e. The van der Waals surface area contributed by atoms with Gasteiger partial charge in [-0.2, -0.15) is 0 Å². The molecule has 0 N–H and O–H groups in total. The summed E-state index contributed by atoms with van der Waals surface area (Å²) in [7, 11) is 0. The van der Waals surface area contributed by atoms with Gasteiger partial charge in [0, 0.05) is 19.3 Å². The number of allylic oxidation sites excluding steroid dienone is 4. The molecule has 0 saturated carbocycles. The molecule has 0 fully saturated rings. The SMILES string of the molecule is CCCCCC/C=C\C/C=C\CCCCCCCC(=O)OC(COC(=O)CCCCCCCCCCCCCCCCCC)COC(=O)CCCCCCCCCCCCCCCCCCCCCCCCC. The van der Waals surface area contributed by atoms with Gasteiger partial charge in [0.25, 0.3) is 0 Å². The summed E-state index contributed by atoms with van der Waals surface area (Å²) in [5.41, 5.74) is 0. The third kappa shape index (κ3) is 60.6. The second-order valence-corrected chi connectivity index (χ2v) is 22.4. The van der Waals surface area contributed by atoms with E-state index in [9.17, 15) is 14.4 Å². The van der Waals surface area contributed by atoms with Crippen molar-refractivity contribution in [1.29, 1.82) is 0 Å². The molecular weight excluding hydrogens is 901 g/mol. The summed E-state index contributed by atoms with van der Waals surface area (Å²) < 4.78 is 16.9. The summed E-state index contributed by atoms with van der Waals surface area (Å²) in [5, 5.41) is 0. The predicted molar refractivity (Wildman–Crippen MR) is 316 cm³/mol. The highest BCUT2D eigenvalue weighted by Crippen LogP contribution is 2.18. The molecule has 0 aliphatic carbocycles. The maximum atomic E-state index is 12.9. The molecule has 0 saturated heterocycles. The van der Waals surface area contributed by atoms with E-state index in [4.69, 9.17) is 14.2 Å². The van der Waals surface area contributed by atoms with Crippen LogP contribution in [-0.2, 0) is 28.6 Å². The van der Waals surface area contributed by atoms with Gasteiger partial charge in [-0.25, -0.2) is 0 Å². The first-order chi connectivity index (χ1) is 36.0. The van der Waals surface area contributed by atoms with Crippen molar-refractivity contribution >= 4 is 17.9 Å². The Labute approximate surface area is 455 Å². The Bertz CT molecular complexity index is 1180. The molecule has 0 amide bonds. The van der Waals surface area contributed by atoms with Crippen LogP contribution in [-0.4, -0.2) is 37.2 Å². The van der Waals surface area contributed by atoms with Crippen molar-refractivity contribution in [2.24, 2.45) is 0 Å². The summed E-state index contributed by atoms with van der Waals surface area (Å²) in [5.74, 6) is -0.855. The third-order valence-electron chi connectivity index (χ3n) is 15.0. The van der Waals surface area contributed by atoms with E-state index in [0.29, 0.717) is 19.3 Å². The van der Waals surface area contributed by atoms with Crippen molar-refractivity contribution < 1.29 is 28.6 Å². The van der Waals surface area contributed by atoms with Crippen molar-refractivity contribution in [2.75, 3.05) is 13.2 Å². The van der Waals surface area contributed by atoms with Crippen LogP contribution in [0.5, 0.6) is 0 Å². The fraction of sp³-hybridized carbons (Fsp3) is 0.896. The molecular formula is C67H126O6. The van der Waals surface area contributed by atoms with Crippen molar-refractivity contribution in [2.45, 2.75) is 374 Å². The van der Waals surface area contributed by atoms with E-state index >= 15 is 0 Å². The normalized spacial score (nSPS) is 12.1. The zero-order valence-corrected chi connectivity index (χ0v) is 49.4. The number of ether oxygens (including phenoxy) is 3. The third-order valence-corrected chi connectivity index (χ3v) is 15.0. The lowest BCUT2D eigenvalue weighted by Crippen LogP contribution is -2.30. The fourth-order valence-electron chi connectivity index (χ4n) is 10.0. The van der Waals surface area contributed by atoms with Gasteiger partial charge in [-0.3, -0.25) is 14.4 Å². The molecule has 0 heterocycles. The van der Waals surface area contributed by atoms with Crippen LogP contribution in [0.1, 0.15) is 367 Å². The molecule has 6 nitrogen and oxygen atoms in total. The lowest BCUT2D eigenvalue weighted by Gasteiger charge is -2.18. The van der Waals surface area contributed by atoms with E-state index < -0.39 is 6.10 Å². The number of carbonyl (C=O) groups excluding carboxylic acids is 3. The summed E-state index contributed by atoms with van der Waals surface area (Å²) in [6.45, 7) is 6.69. The number of carbonyl (C=O) groups is 3. The van der Waals surface area contributed by atoms with Crippen molar-refractivity contribution in [3.05, 3.63) is 24.3 Å². The van der Waals surface area contributed by atoms with Gasteiger partial charge in [0.1, 0.15) is 13.2 Å². The monoisotopic (exact) mass is 1030 g/mol. The number of esters is 3. The first-order valence-corrected chi connectivity index (χ1v) is 32.8. The molecule has 0 rings (SSSR count). The van der Waals surface area contributed by atoms with Crippen LogP contribution < -0.4 is 0 Å². The highest BCUT2D eigenvalue weighted by Gasteiger charge is 2.19. The van der Waals surface area contributed by atoms with Crippen LogP contribution in [0.2, 0.25) is 0 Å². The molecule has 0 aromatic heterocycles. The largest absolute Gasteiger partial charge is 0.462 e. The second-order valence-electron chi connectivity index (χ2n) is 22.4. The molecule has 0 aliphatic heterocycles. The zero-order valence-electron chi connectivity index (χ0n) is 49.4. The second kappa shape index (κ2) is 62.4. The van der Waals surface area contributed by atoms with E-state index in [1.54, 1.807) is 0 Å². The molecule has 0 aromatic rings. The Hall–Kier alpha value is -2.11. The van der Waals surface area contributed by atoms with Crippen LogP contribution in [0.15, 0.2) is 24.3 Å². The highest BCUT2D eigenvalue weighted by atomic mass is 16.6. The van der Waals surface area contributed by atoms with Gasteiger partial charge in [-0.15, -0.1) is 0 Å². The average molecular weight is 1030 g/mol. The minimum atomic E-state index is -0.775. The smallest absolute Gasteiger partial charge is 0.306 e. The van der Waals surface area contributed by atoms with Crippen LogP contribution in [0, 0.1) is 0 Å². The Kier molecular flexibility index (Phi) is 60.6. The number of unbranched alkanes of at least 4 members (excludes halogenated alkanes) is 46. The van der Waals surface area contributed by atoms with Crippen LogP contribution in [0.4, 0.5) is 0 Å². The quantitative estimate of drug-likeness (QED) is 0.0261. The van der Waals surface area contributed by atoms with E-state index in [2.05, 4.69) is 45.1 Å². The van der Waals surface area contributed by atoms with Gasteiger partial charge in [0.15, 0.2) is 6.10 Å². The molecule has 0 spiro atoms. The number of hydrogen-bond donors (Lipinski definition) is 0. The summed E-state index contributed by atoms with van der Waals surface area (Å²) >= 11 is 0. The Balaban J connectivity index is 4.27. The molecule has 1 atom stereocenters. The van der Waals surface area contributed by atoms with Crippen molar-refractivity contribution in [3.63, 3.8) is 0 Å². The standard InChI is InChI=1S/C67H126O6/c1-4-7-10-13-16-19-22-25-28-31-32-33-34-35-36-37-40-42-45-48-51-54-57-60-66(69)72-63-64(73-67(70)61-58-55-52-49-46-43-39-30-27-24-21-18-15-12-9-6-3)62-71-65(68)59-56-53-50-47-44-41-38-29-26-23-20-17-14-11-8-5-2/h21,24,30,39,64H,4-20,22-23,25-29,31-38,40-63H2,1-3H3/b24-21-,39-30-. The summed E-state index contributed by atoms with van der Waals surface area (Å²) in [6.07, 6.45) is 74.7. The summed E-state index contributed by atoms with van der Waals surface area (Å²) in [4.78, 5) is 38.3. The minimum Gasteiger partial charge on any atom is -0.462 e. The van der Waals surface area contributed by atoms with Crippen molar-refractivity contribution in [1.82, 2.24) is 0 Å². The molecule has 6 heteroatoms. The lowest BCUT2D eigenvalue weighted by atomic mass is 10.0. The van der Waals surface area contributed by atoms with Crippen molar-refractivity contribution in [3.8, 4) is 0 Å². The lowest BCUT2D eigenvalue weighted by molar-refractivity contribution is -0.167. The number of rotatable bonds is 61. The average Bonchev–Trinajstić information content (AvgIpc) is 3.39. The van der Waals surface area contributed by atoms with Gasteiger partial charge in [0.2, 0.25) is 0 Å². The zero-order chi connectivity index (χ0) is 52.9. The molecule has 0 aromatic carbocycles. The Morgan fingerprint density at radius 2 is 0.493 bits per heavy atom. The van der Waals surface area contributed by atoms with Gasteiger partial charge >= 0.3 is 17.9 Å². The van der Waals surface area contributed by atoms with Crippen LogP contribution in [0.3, 0.4) is 0 Å². The molecule has 1 unspecified atom stereocenters. The van der Waals surface area contributed by atoms with Gasteiger partial charge in [0.05, 0.1) is 0 Å². The Morgan fingerprint density at radius 3 is 0.767 bits per heavy atom. The summed E-state index contributed by atoms with van der Waals surface area (Å²) in [6, 6.07) is 0. The molecule has 0 bridgehead atoms. The molecule has 430 valence electrons.